The fourth-order valence-corrected chi connectivity index (χ4v) is 1.25. The van der Waals surface area contributed by atoms with Crippen LogP contribution in [0.2, 0.25) is 0 Å². The standard InChI is InChI=1S/C8F17/c9-1(10)2(11,12)4(14,15)6(18,19)5(16,17)3(13,7(20,21)22)8(23,24)25. The molecule has 0 rings (SSSR count). The van der Waals surface area contributed by atoms with Crippen LogP contribution in [0.4, 0.5) is 74.6 Å². The summed E-state index contributed by atoms with van der Waals surface area (Å²) in [6.45, 7) is 0. The van der Waals surface area contributed by atoms with Crippen LogP contribution in [-0.4, -0.2) is 41.7 Å². The summed E-state index contributed by atoms with van der Waals surface area (Å²) in [5.41, 5.74) is -8.48. The molecule has 151 valence electrons. The highest BCUT2D eigenvalue weighted by atomic mass is 19.4. The summed E-state index contributed by atoms with van der Waals surface area (Å²) < 4.78 is 209. The van der Waals surface area contributed by atoms with Gasteiger partial charge in [-0.3, -0.25) is 0 Å². The van der Waals surface area contributed by atoms with Crippen LogP contribution in [0.3, 0.4) is 0 Å². The molecule has 0 fully saturated rings. The Bertz CT molecular complexity index is 464. The first-order valence-electron chi connectivity index (χ1n) is 4.96. The van der Waals surface area contributed by atoms with Crippen molar-refractivity contribution in [3.8, 4) is 0 Å². The molecule has 0 saturated carbocycles. The molecule has 0 heterocycles. The second-order valence-electron chi connectivity index (χ2n) is 4.21. The van der Waals surface area contributed by atoms with Crippen molar-refractivity contribution < 1.29 is 74.6 Å². The summed E-state index contributed by atoms with van der Waals surface area (Å²) in [5, 5.41) is 0. The molecule has 17 heteroatoms. The van der Waals surface area contributed by atoms with E-state index in [1.54, 1.807) is 0 Å². The molecule has 0 nitrogen and oxygen atoms in total. The first-order valence-corrected chi connectivity index (χ1v) is 4.96. The van der Waals surface area contributed by atoms with Crippen LogP contribution < -0.4 is 0 Å². The molecule has 0 bridgehead atoms. The van der Waals surface area contributed by atoms with Gasteiger partial charge >= 0.3 is 48.1 Å². The molecular weight excluding hydrogens is 419 g/mol. The molecule has 0 saturated heterocycles. The third kappa shape index (κ3) is 2.86. The Balaban J connectivity index is 6.75. The summed E-state index contributed by atoms with van der Waals surface area (Å²) in [7, 11) is 0. The molecule has 0 N–H and O–H groups in total. The zero-order valence-electron chi connectivity index (χ0n) is 10.4. The van der Waals surface area contributed by atoms with Crippen LogP contribution in [0.5, 0.6) is 0 Å². The topological polar surface area (TPSA) is 0 Å². The molecule has 0 aromatic carbocycles. The largest absolute Gasteiger partial charge is 0.438 e. The van der Waals surface area contributed by atoms with Gasteiger partial charge in [-0.25, -0.2) is 4.39 Å². The van der Waals surface area contributed by atoms with E-state index in [0.29, 0.717) is 0 Å². The number of hydrogen-bond acceptors (Lipinski definition) is 0. The second kappa shape index (κ2) is 5.65. The zero-order chi connectivity index (χ0) is 21.1. The molecule has 0 amide bonds. The molecule has 0 aliphatic carbocycles. The highest BCUT2D eigenvalue weighted by molar-refractivity contribution is 5.18. The van der Waals surface area contributed by atoms with Crippen molar-refractivity contribution in [2.45, 2.75) is 41.7 Å². The molecule has 0 aromatic heterocycles. The molecule has 1 radical (unpaired) electrons. The van der Waals surface area contributed by atoms with Crippen molar-refractivity contribution in [1.82, 2.24) is 0 Å². The van der Waals surface area contributed by atoms with Crippen LogP contribution in [0.1, 0.15) is 0 Å². The SMILES string of the molecule is F[C](F)C(F)(F)C(F)(F)C(F)(F)C(F)(F)C(F)(C(F)(F)F)C(F)(F)F. The van der Waals surface area contributed by atoms with Crippen LogP contribution in [-0.2, 0) is 0 Å². The van der Waals surface area contributed by atoms with E-state index in [-0.39, 0.29) is 0 Å². The molecule has 25 heavy (non-hydrogen) atoms. The zero-order valence-corrected chi connectivity index (χ0v) is 10.4. The van der Waals surface area contributed by atoms with Crippen molar-refractivity contribution in [1.29, 1.82) is 0 Å². The van der Waals surface area contributed by atoms with Gasteiger partial charge in [0.2, 0.25) is 0 Å². The van der Waals surface area contributed by atoms with Crippen LogP contribution >= 0.6 is 0 Å². The van der Waals surface area contributed by atoms with E-state index in [4.69, 9.17) is 0 Å². The smallest absolute Gasteiger partial charge is 0.216 e. The Morgan fingerprint density at radius 3 is 0.880 bits per heavy atom. The molecule has 0 atom stereocenters. The van der Waals surface area contributed by atoms with Gasteiger partial charge in [0, 0.05) is 0 Å². The summed E-state index contributed by atoms with van der Waals surface area (Å²) in [5.74, 6) is -33.1. The van der Waals surface area contributed by atoms with E-state index in [1.165, 1.54) is 0 Å². The Morgan fingerprint density at radius 1 is 0.400 bits per heavy atom. The minimum absolute atomic E-state index is 5.06. The van der Waals surface area contributed by atoms with Crippen molar-refractivity contribution in [3.63, 3.8) is 0 Å². The molecule has 0 aromatic rings. The maximum atomic E-state index is 12.9. The molecule has 0 spiro atoms. The van der Waals surface area contributed by atoms with Crippen molar-refractivity contribution >= 4 is 0 Å². The Labute approximate surface area is 124 Å². The quantitative estimate of drug-likeness (QED) is 0.495. The highest BCUT2D eigenvalue weighted by Crippen LogP contribution is 2.64. The van der Waals surface area contributed by atoms with Crippen molar-refractivity contribution in [2.75, 3.05) is 0 Å². The van der Waals surface area contributed by atoms with E-state index in [9.17, 15) is 74.6 Å². The molecular formula is C8F17. The van der Waals surface area contributed by atoms with Crippen LogP contribution in [0, 0.1) is 6.43 Å². The fraction of sp³-hybridized carbons (Fsp3) is 0.875. The predicted octanol–water partition coefficient (Wildman–Crippen LogP) is 5.79. The average molecular weight is 419 g/mol. The normalized spacial score (nSPS) is 16.6. The molecule has 0 aliphatic heterocycles. The van der Waals surface area contributed by atoms with Gasteiger partial charge in [-0.2, -0.15) is 70.2 Å². The van der Waals surface area contributed by atoms with Crippen molar-refractivity contribution in [3.05, 3.63) is 6.43 Å². The van der Waals surface area contributed by atoms with Crippen molar-refractivity contribution in [2.24, 2.45) is 0 Å². The summed E-state index contributed by atoms with van der Waals surface area (Å²) in [6.07, 6.45) is -21.2. The molecule has 0 aliphatic rings. The second-order valence-corrected chi connectivity index (χ2v) is 4.21. The van der Waals surface area contributed by atoms with Crippen LogP contribution in [0.15, 0.2) is 0 Å². The summed E-state index contributed by atoms with van der Waals surface area (Å²) in [6, 6.07) is 0. The van der Waals surface area contributed by atoms with Gasteiger partial charge in [-0.15, -0.1) is 0 Å². The lowest BCUT2D eigenvalue weighted by molar-refractivity contribution is -0.457. The minimum atomic E-state index is -8.68. The third-order valence-corrected chi connectivity index (χ3v) is 2.63. The van der Waals surface area contributed by atoms with E-state index in [1.807, 2.05) is 0 Å². The lowest BCUT2D eigenvalue weighted by Crippen LogP contribution is -2.75. The lowest BCUT2D eigenvalue weighted by Gasteiger charge is -2.42. The Morgan fingerprint density at radius 2 is 0.680 bits per heavy atom. The van der Waals surface area contributed by atoms with E-state index in [2.05, 4.69) is 0 Å². The fourth-order valence-electron chi connectivity index (χ4n) is 1.25. The Kier molecular flexibility index (Phi) is 5.38. The monoisotopic (exact) mass is 419 g/mol. The highest BCUT2D eigenvalue weighted by Gasteiger charge is 2.96. The van der Waals surface area contributed by atoms with Crippen LogP contribution in [0.25, 0.3) is 0 Å². The number of hydrogen-bond donors (Lipinski definition) is 0. The predicted molar refractivity (Wildman–Crippen MR) is 41.2 cm³/mol. The molecule has 0 unspecified atom stereocenters. The number of halogens is 17. The van der Waals surface area contributed by atoms with E-state index < -0.39 is 48.1 Å². The summed E-state index contributed by atoms with van der Waals surface area (Å²) in [4.78, 5) is 0. The lowest BCUT2D eigenvalue weighted by atomic mass is 9.86. The first-order chi connectivity index (χ1) is 10.4. The third-order valence-electron chi connectivity index (χ3n) is 2.63. The van der Waals surface area contributed by atoms with Gasteiger partial charge in [0.05, 0.1) is 0 Å². The van der Waals surface area contributed by atoms with Gasteiger partial charge in [0.15, 0.2) is 0 Å². The van der Waals surface area contributed by atoms with Gasteiger partial charge < -0.3 is 0 Å². The van der Waals surface area contributed by atoms with Gasteiger partial charge in [-0.1, -0.05) is 0 Å². The number of rotatable bonds is 5. The first kappa shape index (κ1) is 23.8. The van der Waals surface area contributed by atoms with Gasteiger partial charge in [0.25, 0.3) is 0 Å². The summed E-state index contributed by atoms with van der Waals surface area (Å²) >= 11 is 0. The van der Waals surface area contributed by atoms with E-state index >= 15 is 0 Å². The maximum absolute atomic E-state index is 12.9. The van der Waals surface area contributed by atoms with Gasteiger partial charge in [0.1, 0.15) is 0 Å². The Hall–Kier alpha value is -1.19. The maximum Gasteiger partial charge on any atom is 0.438 e. The minimum Gasteiger partial charge on any atom is -0.216 e. The van der Waals surface area contributed by atoms with E-state index in [0.717, 1.165) is 0 Å². The number of alkyl halides is 15. The van der Waals surface area contributed by atoms with Gasteiger partial charge in [-0.05, 0) is 0 Å². The average Bonchev–Trinajstić information content (AvgIpc) is 2.33.